The summed E-state index contributed by atoms with van der Waals surface area (Å²) in [7, 11) is 0. The number of halogens is 1. The van der Waals surface area contributed by atoms with E-state index < -0.39 is 12.1 Å². The second-order valence-electron chi connectivity index (χ2n) is 5.40. The van der Waals surface area contributed by atoms with Crippen LogP contribution < -0.4 is 5.32 Å². The van der Waals surface area contributed by atoms with Crippen molar-refractivity contribution in [1.82, 2.24) is 10.2 Å². The third-order valence-electron chi connectivity index (χ3n) is 3.09. The molecule has 1 N–H and O–H groups in total. The van der Waals surface area contributed by atoms with Gasteiger partial charge in [0.25, 0.3) is 0 Å². The maximum atomic E-state index is 12.4. The second-order valence-corrected chi connectivity index (χ2v) is 5.94. The molecule has 0 aromatic rings. The van der Waals surface area contributed by atoms with Gasteiger partial charge in [-0.1, -0.05) is 45.9 Å². The van der Waals surface area contributed by atoms with Crippen LogP contribution in [0.15, 0.2) is 11.6 Å². The van der Waals surface area contributed by atoms with Gasteiger partial charge < -0.3 is 10.2 Å². The predicted octanol–water partition coefficient (Wildman–Crippen LogP) is 1.75. The SMILES string of the molecule is C=C(Cl)CN1C(=O)C(C(C)C)NC(=O)C1C(C)C. The first kappa shape index (κ1) is 15.0. The minimum atomic E-state index is -0.469. The zero-order chi connectivity index (χ0) is 14.0. The topological polar surface area (TPSA) is 49.4 Å². The van der Waals surface area contributed by atoms with Crippen molar-refractivity contribution < 1.29 is 9.59 Å². The van der Waals surface area contributed by atoms with Gasteiger partial charge in [0.2, 0.25) is 11.8 Å². The van der Waals surface area contributed by atoms with Crippen LogP contribution >= 0.6 is 11.6 Å². The molecule has 102 valence electrons. The fourth-order valence-corrected chi connectivity index (χ4v) is 2.36. The highest BCUT2D eigenvalue weighted by molar-refractivity contribution is 6.29. The molecule has 4 nitrogen and oxygen atoms in total. The minimum Gasteiger partial charge on any atom is -0.342 e. The Morgan fingerprint density at radius 1 is 1.33 bits per heavy atom. The molecule has 0 aliphatic carbocycles. The van der Waals surface area contributed by atoms with Crippen LogP contribution in [0, 0.1) is 11.8 Å². The second kappa shape index (κ2) is 5.74. The molecule has 1 aliphatic rings. The molecule has 0 radical (unpaired) electrons. The van der Waals surface area contributed by atoms with E-state index in [1.807, 2.05) is 27.7 Å². The van der Waals surface area contributed by atoms with Crippen molar-refractivity contribution in [2.75, 3.05) is 6.54 Å². The standard InChI is InChI=1S/C13H21ClN2O2/c1-7(2)10-13(18)16(6-9(5)14)11(8(3)4)12(17)15-10/h7-8,10-11H,5-6H2,1-4H3,(H,15,17). The Hall–Kier alpha value is -1.03. The maximum Gasteiger partial charge on any atom is 0.246 e. The number of carbonyl (C=O) groups is 2. The van der Waals surface area contributed by atoms with Gasteiger partial charge in [0.05, 0.1) is 6.54 Å². The Labute approximate surface area is 113 Å². The van der Waals surface area contributed by atoms with Gasteiger partial charge in [0.15, 0.2) is 0 Å². The summed E-state index contributed by atoms with van der Waals surface area (Å²) >= 11 is 5.80. The highest BCUT2D eigenvalue weighted by Crippen LogP contribution is 2.22. The molecular formula is C13H21ClN2O2. The average Bonchev–Trinajstić information content (AvgIpc) is 2.21. The van der Waals surface area contributed by atoms with E-state index in [0.717, 1.165) is 0 Å². The van der Waals surface area contributed by atoms with Crippen LogP contribution in [0.25, 0.3) is 0 Å². The van der Waals surface area contributed by atoms with Crippen LogP contribution in [0.4, 0.5) is 0 Å². The summed E-state index contributed by atoms with van der Waals surface area (Å²) in [4.78, 5) is 26.0. The zero-order valence-electron chi connectivity index (χ0n) is 11.4. The number of nitrogens with zero attached hydrogens (tertiary/aromatic N) is 1. The summed E-state index contributed by atoms with van der Waals surface area (Å²) < 4.78 is 0. The fourth-order valence-electron chi connectivity index (χ4n) is 2.23. The summed E-state index contributed by atoms with van der Waals surface area (Å²) in [6, 6.07) is -0.938. The highest BCUT2D eigenvalue weighted by atomic mass is 35.5. The first-order valence-corrected chi connectivity index (χ1v) is 6.57. The molecule has 0 bridgehead atoms. The zero-order valence-corrected chi connectivity index (χ0v) is 12.1. The smallest absolute Gasteiger partial charge is 0.246 e. The van der Waals surface area contributed by atoms with E-state index in [-0.39, 0.29) is 30.2 Å². The van der Waals surface area contributed by atoms with Crippen LogP contribution in [-0.4, -0.2) is 35.3 Å². The molecule has 0 aromatic carbocycles. The number of hydrogen-bond donors (Lipinski definition) is 1. The van der Waals surface area contributed by atoms with Crippen LogP contribution in [-0.2, 0) is 9.59 Å². The van der Waals surface area contributed by atoms with Crippen LogP contribution in [0.5, 0.6) is 0 Å². The lowest BCUT2D eigenvalue weighted by Crippen LogP contribution is -2.66. The van der Waals surface area contributed by atoms with Crippen molar-refractivity contribution in [2.45, 2.75) is 39.8 Å². The fraction of sp³-hybridized carbons (Fsp3) is 0.692. The van der Waals surface area contributed by atoms with Crippen molar-refractivity contribution in [3.8, 4) is 0 Å². The molecule has 1 aliphatic heterocycles. The molecule has 0 saturated carbocycles. The van der Waals surface area contributed by atoms with Crippen LogP contribution in [0.3, 0.4) is 0 Å². The first-order chi connectivity index (χ1) is 8.25. The molecule has 1 fully saturated rings. The van der Waals surface area contributed by atoms with E-state index in [0.29, 0.717) is 5.03 Å². The number of piperazine rings is 1. The molecular weight excluding hydrogens is 252 g/mol. The molecule has 1 rings (SSSR count). The molecule has 0 aromatic heterocycles. The van der Waals surface area contributed by atoms with Gasteiger partial charge >= 0.3 is 0 Å². The Kier molecular flexibility index (Phi) is 4.79. The summed E-state index contributed by atoms with van der Waals surface area (Å²) in [5.74, 6) is -0.0925. The number of nitrogens with one attached hydrogen (secondary N) is 1. The molecule has 5 heteroatoms. The monoisotopic (exact) mass is 272 g/mol. The molecule has 18 heavy (non-hydrogen) atoms. The first-order valence-electron chi connectivity index (χ1n) is 6.19. The normalized spacial score (nSPS) is 24.7. The Morgan fingerprint density at radius 2 is 1.89 bits per heavy atom. The van der Waals surface area contributed by atoms with E-state index in [2.05, 4.69) is 11.9 Å². The maximum absolute atomic E-state index is 12.4. The van der Waals surface area contributed by atoms with Crippen molar-refractivity contribution in [1.29, 1.82) is 0 Å². The predicted molar refractivity (Wildman–Crippen MR) is 72.1 cm³/mol. The van der Waals surface area contributed by atoms with Gasteiger partial charge in [-0.05, 0) is 11.8 Å². The molecule has 1 saturated heterocycles. The molecule has 0 spiro atoms. The van der Waals surface area contributed by atoms with E-state index in [9.17, 15) is 9.59 Å². The Balaban J connectivity index is 3.04. The third kappa shape index (κ3) is 3.05. The average molecular weight is 273 g/mol. The molecule has 1 heterocycles. The van der Waals surface area contributed by atoms with E-state index in [1.54, 1.807) is 4.90 Å². The van der Waals surface area contributed by atoms with E-state index in [4.69, 9.17) is 11.6 Å². The van der Waals surface area contributed by atoms with Gasteiger partial charge in [-0.3, -0.25) is 9.59 Å². The third-order valence-corrected chi connectivity index (χ3v) is 3.21. The van der Waals surface area contributed by atoms with Crippen molar-refractivity contribution in [2.24, 2.45) is 11.8 Å². The lowest BCUT2D eigenvalue weighted by Gasteiger charge is -2.41. The quantitative estimate of drug-likeness (QED) is 0.848. The van der Waals surface area contributed by atoms with E-state index in [1.165, 1.54) is 0 Å². The lowest BCUT2D eigenvalue weighted by molar-refractivity contribution is -0.151. The summed E-state index contributed by atoms with van der Waals surface area (Å²) in [5.41, 5.74) is 0. The number of carbonyl (C=O) groups excluding carboxylic acids is 2. The molecule has 2 amide bonds. The molecule has 2 atom stereocenters. The number of rotatable bonds is 4. The van der Waals surface area contributed by atoms with Crippen molar-refractivity contribution >= 4 is 23.4 Å². The Bertz CT molecular complexity index is 366. The summed E-state index contributed by atoms with van der Waals surface area (Å²) in [5, 5.41) is 3.16. The van der Waals surface area contributed by atoms with Gasteiger partial charge in [-0.25, -0.2) is 0 Å². The number of amides is 2. The van der Waals surface area contributed by atoms with Crippen LogP contribution in [0.1, 0.15) is 27.7 Å². The van der Waals surface area contributed by atoms with E-state index >= 15 is 0 Å². The number of hydrogen-bond acceptors (Lipinski definition) is 2. The minimum absolute atomic E-state index is 0.0399. The largest absolute Gasteiger partial charge is 0.342 e. The van der Waals surface area contributed by atoms with Gasteiger partial charge in [-0.2, -0.15) is 0 Å². The summed E-state index contributed by atoms with van der Waals surface area (Å²) in [6.45, 7) is 11.5. The van der Waals surface area contributed by atoms with Crippen molar-refractivity contribution in [3.63, 3.8) is 0 Å². The van der Waals surface area contributed by atoms with Gasteiger partial charge in [0.1, 0.15) is 12.1 Å². The lowest BCUT2D eigenvalue weighted by atomic mass is 9.93. The molecule has 2 unspecified atom stereocenters. The van der Waals surface area contributed by atoms with Gasteiger partial charge in [-0.15, -0.1) is 0 Å². The van der Waals surface area contributed by atoms with Crippen LogP contribution in [0.2, 0.25) is 0 Å². The summed E-state index contributed by atoms with van der Waals surface area (Å²) in [6.07, 6.45) is 0. The van der Waals surface area contributed by atoms with Gasteiger partial charge in [0, 0.05) is 5.03 Å². The highest BCUT2D eigenvalue weighted by Gasteiger charge is 2.42. The van der Waals surface area contributed by atoms with Crippen molar-refractivity contribution in [3.05, 3.63) is 11.6 Å². The Morgan fingerprint density at radius 3 is 2.28 bits per heavy atom.